The molecule has 0 saturated carbocycles. The minimum Gasteiger partial charge on any atom is -0.304 e. The summed E-state index contributed by atoms with van der Waals surface area (Å²) < 4.78 is 0. The number of likely N-dealkylation sites (tertiary alicyclic amines) is 2. The average Bonchev–Trinajstić information content (AvgIpc) is 2.55. The van der Waals surface area contributed by atoms with E-state index in [1.807, 2.05) is 0 Å². The smallest absolute Gasteiger partial charge is 0.00387 e. The SMILES string of the molecule is CCC1CCCN(C(C)C)C1.CCN1CCC(C(C)C)CC1. The van der Waals surface area contributed by atoms with Crippen molar-refractivity contribution in [2.45, 2.75) is 79.7 Å². The van der Waals surface area contributed by atoms with Gasteiger partial charge in [-0.3, -0.25) is 0 Å². The molecule has 0 amide bonds. The van der Waals surface area contributed by atoms with E-state index < -0.39 is 0 Å². The molecule has 1 unspecified atom stereocenters. The van der Waals surface area contributed by atoms with Gasteiger partial charge in [0.05, 0.1) is 0 Å². The zero-order chi connectivity index (χ0) is 16.5. The lowest BCUT2D eigenvalue weighted by atomic mass is 9.87. The summed E-state index contributed by atoms with van der Waals surface area (Å²) in [6, 6.07) is 0.754. The van der Waals surface area contributed by atoms with Crippen LogP contribution in [0.5, 0.6) is 0 Å². The maximum atomic E-state index is 2.61. The molecule has 2 heteroatoms. The minimum absolute atomic E-state index is 0.754. The van der Waals surface area contributed by atoms with Crippen molar-refractivity contribution >= 4 is 0 Å². The van der Waals surface area contributed by atoms with E-state index in [0.29, 0.717) is 0 Å². The summed E-state index contributed by atoms with van der Waals surface area (Å²) in [4.78, 5) is 5.16. The molecule has 2 aliphatic heterocycles. The largest absolute Gasteiger partial charge is 0.304 e. The molecule has 0 aromatic carbocycles. The third-order valence-electron chi connectivity index (χ3n) is 5.88. The lowest BCUT2D eigenvalue weighted by Crippen LogP contribution is -2.39. The summed E-state index contributed by atoms with van der Waals surface area (Å²) in [6.07, 6.45) is 7.08. The Labute approximate surface area is 140 Å². The number of rotatable bonds is 4. The van der Waals surface area contributed by atoms with Gasteiger partial charge in [-0.25, -0.2) is 0 Å². The molecule has 0 spiro atoms. The lowest BCUT2D eigenvalue weighted by Gasteiger charge is -2.34. The second-order valence-corrected chi connectivity index (χ2v) is 8.02. The van der Waals surface area contributed by atoms with Crippen LogP contribution in [0.2, 0.25) is 0 Å². The zero-order valence-corrected chi connectivity index (χ0v) is 16.3. The van der Waals surface area contributed by atoms with E-state index in [-0.39, 0.29) is 0 Å². The van der Waals surface area contributed by atoms with E-state index in [2.05, 4.69) is 51.3 Å². The number of hydrogen-bond acceptors (Lipinski definition) is 2. The Hall–Kier alpha value is -0.0800. The van der Waals surface area contributed by atoms with Crippen molar-refractivity contribution in [1.82, 2.24) is 9.80 Å². The molecule has 2 nitrogen and oxygen atoms in total. The topological polar surface area (TPSA) is 6.48 Å². The van der Waals surface area contributed by atoms with E-state index in [0.717, 1.165) is 23.8 Å². The quantitative estimate of drug-likeness (QED) is 0.729. The molecular formula is C20H42N2. The van der Waals surface area contributed by atoms with Gasteiger partial charge in [-0.1, -0.05) is 34.1 Å². The molecular weight excluding hydrogens is 268 g/mol. The molecule has 0 aromatic rings. The van der Waals surface area contributed by atoms with E-state index in [4.69, 9.17) is 0 Å². The van der Waals surface area contributed by atoms with Crippen molar-refractivity contribution in [1.29, 1.82) is 0 Å². The first-order valence-corrected chi connectivity index (χ1v) is 9.94. The van der Waals surface area contributed by atoms with E-state index in [1.165, 1.54) is 64.8 Å². The van der Waals surface area contributed by atoms with Crippen LogP contribution in [0.1, 0.15) is 73.6 Å². The molecule has 1 atom stereocenters. The highest BCUT2D eigenvalue weighted by Crippen LogP contribution is 2.24. The zero-order valence-electron chi connectivity index (χ0n) is 16.3. The Kier molecular flexibility index (Phi) is 9.66. The Morgan fingerprint density at radius 3 is 2.00 bits per heavy atom. The maximum Gasteiger partial charge on any atom is 0.00387 e. The van der Waals surface area contributed by atoms with Crippen molar-refractivity contribution in [3.05, 3.63) is 0 Å². The van der Waals surface area contributed by atoms with Crippen molar-refractivity contribution < 1.29 is 0 Å². The van der Waals surface area contributed by atoms with Crippen LogP contribution in [-0.4, -0.2) is 48.6 Å². The lowest BCUT2D eigenvalue weighted by molar-refractivity contribution is 0.138. The van der Waals surface area contributed by atoms with Gasteiger partial charge in [0.1, 0.15) is 0 Å². The van der Waals surface area contributed by atoms with Gasteiger partial charge in [0, 0.05) is 12.6 Å². The van der Waals surface area contributed by atoms with Crippen LogP contribution in [0.25, 0.3) is 0 Å². The number of hydrogen-bond donors (Lipinski definition) is 0. The summed E-state index contributed by atoms with van der Waals surface area (Å²) in [5.41, 5.74) is 0. The molecule has 0 aromatic heterocycles. The Morgan fingerprint density at radius 2 is 1.55 bits per heavy atom. The van der Waals surface area contributed by atoms with Crippen LogP contribution < -0.4 is 0 Å². The molecule has 0 bridgehead atoms. The van der Waals surface area contributed by atoms with Gasteiger partial charge in [-0.2, -0.15) is 0 Å². The van der Waals surface area contributed by atoms with E-state index >= 15 is 0 Å². The van der Waals surface area contributed by atoms with Crippen LogP contribution in [0, 0.1) is 17.8 Å². The number of piperidine rings is 2. The summed E-state index contributed by atoms with van der Waals surface area (Å²) in [6.45, 7) is 20.5. The van der Waals surface area contributed by atoms with Gasteiger partial charge in [-0.05, 0) is 83.5 Å². The molecule has 0 aliphatic carbocycles. The highest BCUT2D eigenvalue weighted by atomic mass is 15.2. The Bertz CT molecular complexity index is 267. The standard InChI is InChI=1S/2C10H21N/c1-4-11-7-5-10(6-8-11)9(2)3;1-4-10-6-5-7-11(8-10)9(2)3/h2*9-10H,4-8H2,1-3H3. The maximum absolute atomic E-state index is 2.61. The average molecular weight is 311 g/mol. The highest BCUT2D eigenvalue weighted by Gasteiger charge is 2.20. The van der Waals surface area contributed by atoms with E-state index in [1.54, 1.807) is 0 Å². The van der Waals surface area contributed by atoms with Crippen molar-refractivity contribution in [3.63, 3.8) is 0 Å². The fraction of sp³-hybridized carbons (Fsp3) is 1.00. The van der Waals surface area contributed by atoms with Gasteiger partial charge in [0.2, 0.25) is 0 Å². The highest BCUT2D eigenvalue weighted by molar-refractivity contribution is 4.74. The van der Waals surface area contributed by atoms with E-state index in [9.17, 15) is 0 Å². The van der Waals surface area contributed by atoms with Crippen LogP contribution in [0.3, 0.4) is 0 Å². The normalized spacial score (nSPS) is 25.4. The van der Waals surface area contributed by atoms with Gasteiger partial charge in [0.25, 0.3) is 0 Å². The first-order valence-electron chi connectivity index (χ1n) is 9.94. The fourth-order valence-electron chi connectivity index (χ4n) is 3.84. The van der Waals surface area contributed by atoms with Crippen molar-refractivity contribution in [3.8, 4) is 0 Å². The molecule has 2 saturated heterocycles. The minimum atomic E-state index is 0.754. The summed E-state index contributed by atoms with van der Waals surface area (Å²) >= 11 is 0. The third kappa shape index (κ3) is 7.00. The second kappa shape index (κ2) is 10.6. The van der Waals surface area contributed by atoms with Gasteiger partial charge in [0.15, 0.2) is 0 Å². The summed E-state index contributed by atoms with van der Waals surface area (Å²) in [5, 5.41) is 0. The van der Waals surface area contributed by atoms with Crippen LogP contribution >= 0.6 is 0 Å². The van der Waals surface area contributed by atoms with Gasteiger partial charge >= 0.3 is 0 Å². The first kappa shape index (κ1) is 20.0. The first-order chi connectivity index (χ1) is 10.5. The van der Waals surface area contributed by atoms with Crippen molar-refractivity contribution in [2.75, 3.05) is 32.7 Å². The number of nitrogens with zero attached hydrogens (tertiary/aromatic N) is 2. The summed E-state index contributed by atoms with van der Waals surface area (Å²) in [5.74, 6) is 2.87. The van der Waals surface area contributed by atoms with Gasteiger partial charge < -0.3 is 9.80 Å². The Balaban J connectivity index is 0.000000220. The molecule has 132 valence electrons. The van der Waals surface area contributed by atoms with Crippen LogP contribution in [-0.2, 0) is 0 Å². The monoisotopic (exact) mass is 310 g/mol. The third-order valence-corrected chi connectivity index (χ3v) is 5.88. The molecule has 0 radical (unpaired) electrons. The Morgan fingerprint density at radius 1 is 0.909 bits per heavy atom. The summed E-state index contributed by atoms with van der Waals surface area (Å²) in [7, 11) is 0. The van der Waals surface area contributed by atoms with Crippen molar-refractivity contribution in [2.24, 2.45) is 17.8 Å². The predicted molar refractivity (Wildman–Crippen MR) is 99.4 cm³/mol. The molecule has 2 aliphatic rings. The van der Waals surface area contributed by atoms with Gasteiger partial charge in [-0.15, -0.1) is 0 Å². The predicted octanol–water partition coefficient (Wildman–Crippen LogP) is 4.89. The molecule has 2 rings (SSSR count). The second-order valence-electron chi connectivity index (χ2n) is 8.02. The van der Waals surface area contributed by atoms with Crippen LogP contribution in [0.15, 0.2) is 0 Å². The molecule has 22 heavy (non-hydrogen) atoms. The molecule has 2 heterocycles. The molecule has 0 N–H and O–H groups in total. The fourth-order valence-corrected chi connectivity index (χ4v) is 3.84. The van der Waals surface area contributed by atoms with Crippen LogP contribution in [0.4, 0.5) is 0 Å². The molecule has 2 fully saturated rings.